The SMILES string of the molecule is CC(C)C1(C(C)C)CCCN1S(C)(=O)=O. The largest absolute Gasteiger partial charge is 0.212 e. The van der Waals surface area contributed by atoms with E-state index < -0.39 is 10.0 Å². The molecule has 0 saturated carbocycles. The van der Waals surface area contributed by atoms with Crippen LogP contribution < -0.4 is 0 Å². The van der Waals surface area contributed by atoms with Crippen LogP contribution in [0.3, 0.4) is 0 Å². The van der Waals surface area contributed by atoms with Gasteiger partial charge in [0.15, 0.2) is 0 Å². The van der Waals surface area contributed by atoms with Crippen LogP contribution in [0.2, 0.25) is 0 Å². The number of hydrogen-bond donors (Lipinski definition) is 0. The Balaban J connectivity index is 3.18. The molecule has 0 aromatic heterocycles. The molecule has 0 aromatic rings. The van der Waals surface area contributed by atoms with Crippen LogP contribution in [0.15, 0.2) is 0 Å². The average Bonchev–Trinajstić information content (AvgIpc) is 2.46. The van der Waals surface area contributed by atoms with Crippen LogP contribution in [0.4, 0.5) is 0 Å². The Morgan fingerprint density at radius 3 is 1.87 bits per heavy atom. The number of nitrogens with zero attached hydrogens (tertiary/aromatic N) is 1. The predicted octanol–water partition coefficient (Wildman–Crippen LogP) is 2.09. The van der Waals surface area contributed by atoms with Crippen molar-refractivity contribution < 1.29 is 8.42 Å². The maximum absolute atomic E-state index is 11.8. The van der Waals surface area contributed by atoms with Gasteiger partial charge in [-0.15, -0.1) is 0 Å². The summed E-state index contributed by atoms with van der Waals surface area (Å²) in [5, 5.41) is 0. The zero-order chi connectivity index (χ0) is 11.9. The van der Waals surface area contributed by atoms with Gasteiger partial charge in [-0.3, -0.25) is 0 Å². The third-order valence-electron chi connectivity index (χ3n) is 3.80. The van der Waals surface area contributed by atoms with E-state index in [0.29, 0.717) is 18.4 Å². The van der Waals surface area contributed by atoms with Gasteiger partial charge in [-0.05, 0) is 24.7 Å². The van der Waals surface area contributed by atoms with Crippen LogP contribution in [0.1, 0.15) is 40.5 Å². The summed E-state index contributed by atoms with van der Waals surface area (Å²) in [6.07, 6.45) is 3.32. The Hall–Kier alpha value is -0.0900. The molecule has 1 fully saturated rings. The molecule has 0 spiro atoms. The Bertz CT molecular complexity index is 311. The van der Waals surface area contributed by atoms with Crippen LogP contribution in [-0.4, -0.2) is 31.1 Å². The first kappa shape index (κ1) is 13.0. The fourth-order valence-electron chi connectivity index (χ4n) is 3.13. The molecule has 1 aliphatic heterocycles. The van der Waals surface area contributed by atoms with Crippen LogP contribution in [0, 0.1) is 11.8 Å². The summed E-state index contributed by atoms with van der Waals surface area (Å²) in [5.41, 5.74) is -0.159. The molecule has 0 radical (unpaired) electrons. The second kappa shape index (κ2) is 4.06. The molecular weight excluding hydrogens is 210 g/mol. The van der Waals surface area contributed by atoms with E-state index in [-0.39, 0.29) is 5.54 Å². The van der Waals surface area contributed by atoms with Crippen LogP contribution in [-0.2, 0) is 10.0 Å². The van der Waals surface area contributed by atoms with Crippen LogP contribution >= 0.6 is 0 Å². The molecule has 0 amide bonds. The average molecular weight is 233 g/mol. The van der Waals surface area contributed by atoms with Gasteiger partial charge in [0, 0.05) is 12.1 Å². The van der Waals surface area contributed by atoms with Crippen LogP contribution in [0.5, 0.6) is 0 Å². The lowest BCUT2D eigenvalue weighted by atomic mass is 9.76. The van der Waals surface area contributed by atoms with Crippen molar-refractivity contribution in [3.63, 3.8) is 0 Å². The topological polar surface area (TPSA) is 37.4 Å². The van der Waals surface area contributed by atoms with Gasteiger partial charge in [0.2, 0.25) is 10.0 Å². The highest BCUT2D eigenvalue weighted by Crippen LogP contribution is 2.43. The van der Waals surface area contributed by atoms with Gasteiger partial charge in [-0.2, -0.15) is 4.31 Å². The minimum absolute atomic E-state index is 0.159. The van der Waals surface area contributed by atoms with E-state index in [2.05, 4.69) is 27.7 Å². The minimum Gasteiger partial charge on any atom is -0.212 e. The molecule has 15 heavy (non-hydrogen) atoms. The summed E-state index contributed by atoms with van der Waals surface area (Å²) in [6.45, 7) is 9.20. The van der Waals surface area contributed by atoms with E-state index in [0.717, 1.165) is 12.8 Å². The number of rotatable bonds is 3. The maximum Gasteiger partial charge on any atom is 0.211 e. The molecule has 4 heteroatoms. The van der Waals surface area contributed by atoms with E-state index in [1.54, 1.807) is 4.31 Å². The lowest BCUT2D eigenvalue weighted by Crippen LogP contribution is -2.54. The summed E-state index contributed by atoms with van der Waals surface area (Å²) in [4.78, 5) is 0. The molecule has 0 N–H and O–H groups in total. The van der Waals surface area contributed by atoms with E-state index in [1.807, 2.05) is 0 Å². The molecule has 1 saturated heterocycles. The van der Waals surface area contributed by atoms with Crippen molar-refractivity contribution in [3.8, 4) is 0 Å². The summed E-state index contributed by atoms with van der Waals surface area (Å²) in [7, 11) is -3.07. The first-order valence-electron chi connectivity index (χ1n) is 5.70. The van der Waals surface area contributed by atoms with Gasteiger partial charge in [0.25, 0.3) is 0 Å². The van der Waals surface area contributed by atoms with Gasteiger partial charge >= 0.3 is 0 Å². The number of hydrogen-bond acceptors (Lipinski definition) is 2. The molecule has 1 rings (SSSR count). The molecule has 0 aromatic carbocycles. The summed E-state index contributed by atoms with van der Waals surface area (Å²) >= 11 is 0. The van der Waals surface area contributed by atoms with Crippen molar-refractivity contribution in [1.29, 1.82) is 0 Å². The lowest BCUT2D eigenvalue weighted by Gasteiger charge is -2.44. The van der Waals surface area contributed by atoms with Gasteiger partial charge in [0.1, 0.15) is 0 Å². The first-order valence-corrected chi connectivity index (χ1v) is 7.55. The molecule has 3 nitrogen and oxygen atoms in total. The van der Waals surface area contributed by atoms with E-state index in [1.165, 1.54) is 6.26 Å². The molecule has 0 bridgehead atoms. The molecule has 0 atom stereocenters. The van der Waals surface area contributed by atoms with E-state index >= 15 is 0 Å². The quantitative estimate of drug-likeness (QED) is 0.748. The smallest absolute Gasteiger partial charge is 0.211 e. The third-order valence-corrected chi connectivity index (χ3v) is 5.13. The lowest BCUT2D eigenvalue weighted by molar-refractivity contribution is 0.110. The Labute approximate surface area is 93.9 Å². The van der Waals surface area contributed by atoms with Gasteiger partial charge in [0.05, 0.1) is 6.26 Å². The zero-order valence-electron chi connectivity index (χ0n) is 10.4. The maximum atomic E-state index is 11.8. The third kappa shape index (κ3) is 2.07. The predicted molar refractivity (Wildman–Crippen MR) is 63.2 cm³/mol. The van der Waals surface area contributed by atoms with Crippen molar-refractivity contribution in [2.45, 2.75) is 46.1 Å². The monoisotopic (exact) mass is 233 g/mol. The minimum atomic E-state index is -3.07. The highest BCUT2D eigenvalue weighted by Gasteiger charge is 2.49. The van der Waals surface area contributed by atoms with E-state index in [4.69, 9.17) is 0 Å². The summed E-state index contributed by atoms with van der Waals surface area (Å²) in [5.74, 6) is 0.740. The van der Waals surface area contributed by atoms with Crippen molar-refractivity contribution in [2.75, 3.05) is 12.8 Å². The number of sulfonamides is 1. The van der Waals surface area contributed by atoms with Crippen molar-refractivity contribution >= 4 is 10.0 Å². The second-order valence-corrected chi connectivity index (χ2v) is 7.15. The van der Waals surface area contributed by atoms with Gasteiger partial charge in [-0.1, -0.05) is 27.7 Å². The molecule has 0 aliphatic carbocycles. The Morgan fingerprint density at radius 2 is 1.60 bits per heavy atom. The van der Waals surface area contributed by atoms with E-state index in [9.17, 15) is 8.42 Å². The fraction of sp³-hybridized carbons (Fsp3) is 1.00. The van der Waals surface area contributed by atoms with Crippen molar-refractivity contribution in [2.24, 2.45) is 11.8 Å². The summed E-state index contributed by atoms with van der Waals surface area (Å²) < 4.78 is 25.3. The molecule has 90 valence electrons. The molecule has 1 heterocycles. The molecule has 1 aliphatic rings. The van der Waals surface area contributed by atoms with Crippen molar-refractivity contribution in [3.05, 3.63) is 0 Å². The molecule has 0 unspecified atom stereocenters. The van der Waals surface area contributed by atoms with Crippen LogP contribution in [0.25, 0.3) is 0 Å². The fourth-order valence-corrected chi connectivity index (χ4v) is 4.72. The van der Waals surface area contributed by atoms with Gasteiger partial charge in [-0.25, -0.2) is 8.42 Å². The highest BCUT2D eigenvalue weighted by atomic mass is 32.2. The Kier molecular flexibility index (Phi) is 3.51. The second-order valence-electron chi connectivity index (χ2n) is 5.24. The first-order chi connectivity index (χ1) is 6.73. The molecular formula is C11H23NO2S. The van der Waals surface area contributed by atoms with Gasteiger partial charge < -0.3 is 0 Å². The van der Waals surface area contributed by atoms with Crippen molar-refractivity contribution in [1.82, 2.24) is 4.31 Å². The highest BCUT2D eigenvalue weighted by molar-refractivity contribution is 7.88. The standard InChI is InChI=1S/C11H23NO2S/c1-9(2)11(10(3)4)7-6-8-12(11)15(5,13)14/h9-10H,6-8H2,1-5H3. The normalized spacial score (nSPS) is 22.9. The zero-order valence-corrected chi connectivity index (χ0v) is 11.3. The summed E-state index contributed by atoms with van der Waals surface area (Å²) in [6, 6.07) is 0. The Morgan fingerprint density at radius 1 is 1.13 bits per heavy atom.